The molecule has 2 aromatic carbocycles. The fourth-order valence-electron chi connectivity index (χ4n) is 3.13. The molecule has 0 unspecified atom stereocenters. The van der Waals surface area contributed by atoms with Crippen molar-refractivity contribution in [2.45, 2.75) is 23.9 Å². The van der Waals surface area contributed by atoms with E-state index in [9.17, 15) is 17.6 Å². The highest BCUT2D eigenvalue weighted by Crippen LogP contribution is 2.29. The Kier molecular flexibility index (Phi) is 8.11. The number of amides is 1. The lowest BCUT2D eigenvalue weighted by Gasteiger charge is -2.19. The number of sulfonamides is 1. The van der Waals surface area contributed by atoms with Gasteiger partial charge in [0, 0.05) is 13.1 Å². The van der Waals surface area contributed by atoms with Gasteiger partial charge >= 0.3 is 0 Å². The van der Waals surface area contributed by atoms with Crippen LogP contribution in [0.3, 0.4) is 0 Å². The lowest BCUT2D eigenvalue weighted by molar-refractivity contribution is -0.113. The molecule has 0 aliphatic heterocycles. The number of hydrogen-bond acceptors (Lipinski definition) is 6. The molecule has 0 bridgehead atoms. The van der Waals surface area contributed by atoms with Gasteiger partial charge in [-0.3, -0.25) is 4.79 Å². The Hall–Kier alpha value is -2.89. The number of carbonyl (C=O) groups excluding carboxylic acids is 1. The van der Waals surface area contributed by atoms with Crippen LogP contribution in [0, 0.1) is 5.82 Å². The Morgan fingerprint density at radius 1 is 1.18 bits per heavy atom. The number of imidazole rings is 1. The molecule has 1 amide bonds. The summed E-state index contributed by atoms with van der Waals surface area (Å²) in [5, 5.41) is 3.24. The van der Waals surface area contributed by atoms with Gasteiger partial charge in [0.05, 0.1) is 35.3 Å². The van der Waals surface area contributed by atoms with E-state index in [1.165, 1.54) is 53.5 Å². The monoisotopic (exact) mass is 492 g/mol. The number of benzene rings is 2. The topological polar surface area (TPSA) is 104 Å². The molecule has 2 N–H and O–H groups in total. The number of nitrogens with one attached hydrogen (secondary N) is 2. The zero-order chi connectivity index (χ0) is 24.0. The van der Waals surface area contributed by atoms with Crippen LogP contribution in [0.25, 0.3) is 11.3 Å². The maximum absolute atomic E-state index is 13.1. The minimum atomic E-state index is -3.68. The number of ether oxygens (including phenoxy) is 1. The first-order valence-electron chi connectivity index (χ1n) is 10.2. The van der Waals surface area contributed by atoms with Crippen LogP contribution < -0.4 is 10.1 Å². The largest absolute Gasteiger partial charge is 0.495 e. The van der Waals surface area contributed by atoms with E-state index in [1.807, 2.05) is 0 Å². The van der Waals surface area contributed by atoms with Crippen LogP contribution in [0.1, 0.15) is 13.8 Å². The van der Waals surface area contributed by atoms with E-state index in [2.05, 4.69) is 15.3 Å². The molecule has 0 aliphatic rings. The number of halogens is 1. The van der Waals surface area contributed by atoms with Crippen LogP contribution in [-0.4, -0.2) is 54.6 Å². The highest BCUT2D eigenvalue weighted by molar-refractivity contribution is 7.99. The number of carbonyl (C=O) groups is 1. The van der Waals surface area contributed by atoms with Crippen molar-refractivity contribution >= 4 is 33.4 Å². The zero-order valence-electron chi connectivity index (χ0n) is 18.5. The van der Waals surface area contributed by atoms with E-state index in [-0.39, 0.29) is 28.1 Å². The van der Waals surface area contributed by atoms with E-state index in [0.717, 1.165) is 5.56 Å². The van der Waals surface area contributed by atoms with Gasteiger partial charge in [-0.2, -0.15) is 4.31 Å². The smallest absolute Gasteiger partial charge is 0.243 e. The van der Waals surface area contributed by atoms with E-state index in [4.69, 9.17) is 4.74 Å². The van der Waals surface area contributed by atoms with Crippen molar-refractivity contribution in [1.82, 2.24) is 14.3 Å². The summed E-state index contributed by atoms with van der Waals surface area (Å²) in [6.45, 7) is 4.21. The Labute approximate surface area is 196 Å². The van der Waals surface area contributed by atoms with Gasteiger partial charge in [-0.1, -0.05) is 25.6 Å². The summed E-state index contributed by atoms with van der Waals surface area (Å²) < 4.78 is 45.3. The molecule has 0 saturated heterocycles. The Balaban J connectivity index is 1.69. The molecular weight excluding hydrogens is 467 g/mol. The van der Waals surface area contributed by atoms with Crippen LogP contribution >= 0.6 is 11.8 Å². The van der Waals surface area contributed by atoms with Crippen molar-refractivity contribution in [3.8, 4) is 17.0 Å². The molecule has 11 heteroatoms. The molecule has 8 nitrogen and oxygen atoms in total. The summed E-state index contributed by atoms with van der Waals surface area (Å²) in [5.41, 5.74) is 1.74. The van der Waals surface area contributed by atoms with Gasteiger partial charge in [-0.25, -0.2) is 17.8 Å². The first-order chi connectivity index (χ1) is 15.8. The molecule has 3 aromatic rings. The standard InChI is InChI=1S/C22H25FN4O4S2/c1-4-27(5-2)33(29,30)17-10-11-20(31-3)18(12-17)25-21(28)14-32-22-24-13-19(26-22)15-6-8-16(23)9-7-15/h6-13H,4-5,14H2,1-3H3,(H,24,26)(H,25,28). The summed E-state index contributed by atoms with van der Waals surface area (Å²) in [6.07, 6.45) is 1.61. The summed E-state index contributed by atoms with van der Waals surface area (Å²) in [7, 11) is -2.24. The van der Waals surface area contributed by atoms with Crippen LogP contribution in [-0.2, 0) is 14.8 Å². The second-order valence-electron chi connectivity index (χ2n) is 6.90. The first-order valence-corrected chi connectivity index (χ1v) is 12.6. The number of nitrogens with zero attached hydrogens (tertiary/aromatic N) is 2. The molecular formula is C22H25FN4O4S2. The maximum Gasteiger partial charge on any atom is 0.243 e. The van der Waals surface area contributed by atoms with Crippen molar-refractivity contribution in [2.75, 3.05) is 31.3 Å². The lowest BCUT2D eigenvalue weighted by Crippen LogP contribution is -2.30. The van der Waals surface area contributed by atoms with Gasteiger partial charge in [0.1, 0.15) is 11.6 Å². The number of rotatable bonds is 10. The Bertz CT molecular complexity index is 1210. The SMILES string of the molecule is CCN(CC)S(=O)(=O)c1ccc(OC)c(NC(=O)CSc2ncc(-c3ccc(F)cc3)[nH]2)c1. The van der Waals surface area contributed by atoms with Crippen molar-refractivity contribution in [2.24, 2.45) is 0 Å². The molecule has 0 radical (unpaired) electrons. The van der Waals surface area contributed by atoms with Gasteiger partial charge in [0.15, 0.2) is 5.16 Å². The molecule has 3 rings (SSSR count). The second kappa shape index (κ2) is 10.8. The highest BCUT2D eigenvalue weighted by atomic mass is 32.2. The number of methoxy groups -OCH3 is 1. The van der Waals surface area contributed by atoms with Crippen LogP contribution in [0.15, 0.2) is 58.7 Å². The first kappa shape index (κ1) is 24.7. The molecule has 33 heavy (non-hydrogen) atoms. The van der Waals surface area contributed by atoms with Crippen LogP contribution in [0.2, 0.25) is 0 Å². The summed E-state index contributed by atoms with van der Waals surface area (Å²) >= 11 is 1.18. The number of aromatic nitrogens is 2. The minimum absolute atomic E-state index is 0.0343. The van der Waals surface area contributed by atoms with Crippen molar-refractivity contribution in [3.63, 3.8) is 0 Å². The van der Waals surface area contributed by atoms with E-state index < -0.39 is 10.0 Å². The van der Waals surface area contributed by atoms with Crippen molar-refractivity contribution < 1.29 is 22.3 Å². The molecule has 1 aromatic heterocycles. The number of anilines is 1. The van der Waals surface area contributed by atoms with Gasteiger partial charge in [-0.05, 0) is 48.0 Å². The molecule has 1 heterocycles. The highest BCUT2D eigenvalue weighted by Gasteiger charge is 2.23. The predicted octanol–water partition coefficient (Wildman–Crippen LogP) is 3.99. The Morgan fingerprint density at radius 2 is 1.88 bits per heavy atom. The summed E-state index contributed by atoms with van der Waals surface area (Å²) in [5.74, 6) is -0.292. The molecule has 0 saturated carbocycles. The molecule has 0 atom stereocenters. The van der Waals surface area contributed by atoms with Crippen LogP contribution in [0.5, 0.6) is 5.75 Å². The van der Waals surface area contributed by atoms with Gasteiger partial charge < -0.3 is 15.0 Å². The number of aromatic amines is 1. The fourth-order valence-corrected chi connectivity index (χ4v) is 5.26. The third-order valence-electron chi connectivity index (χ3n) is 4.84. The van der Waals surface area contributed by atoms with E-state index in [0.29, 0.717) is 29.7 Å². The quantitative estimate of drug-likeness (QED) is 0.415. The average molecular weight is 493 g/mol. The third kappa shape index (κ3) is 5.92. The Morgan fingerprint density at radius 3 is 2.52 bits per heavy atom. The molecule has 0 spiro atoms. The minimum Gasteiger partial charge on any atom is -0.495 e. The normalized spacial score (nSPS) is 11.5. The number of hydrogen-bond donors (Lipinski definition) is 2. The van der Waals surface area contributed by atoms with Crippen molar-refractivity contribution in [3.05, 3.63) is 54.5 Å². The van der Waals surface area contributed by atoms with E-state index >= 15 is 0 Å². The number of H-pyrrole nitrogens is 1. The van der Waals surface area contributed by atoms with Gasteiger partial charge in [-0.15, -0.1) is 0 Å². The fraction of sp³-hybridized carbons (Fsp3) is 0.273. The van der Waals surface area contributed by atoms with E-state index in [1.54, 1.807) is 32.2 Å². The molecule has 0 fully saturated rings. The zero-order valence-corrected chi connectivity index (χ0v) is 20.1. The van der Waals surface area contributed by atoms with Crippen molar-refractivity contribution in [1.29, 1.82) is 0 Å². The van der Waals surface area contributed by atoms with Gasteiger partial charge in [0.25, 0.3) is 0 Å². The molecule has 0 aliphatic carbocycles. The predicted molar refractivity (Wildman–Crippen MR) is 126 cm³/mol. The number of thioether (sulfide) groups is 1. The average Bonchev–Trinajstić information content (AvgIpc) is 3.28. The second-order valence-corrected chi connectivity index (χ2v) is 9.80. The van der Waals surface area contributed by atoms with Crippen LogP contribution in [0.4, 0.5) is 10.1 Å². The molecule has 176 valence electrons. The summed E-state index contributed by atoms with van der Waals surface area (Å²) in [6, 6.07) is 10.4. The summed E-state index contributed by atoms with van der Waals surface area (Å²) in [4.78, 5) is 19.9. The lowest BCUT2D eigenvalue weighted by atomic mass is 10.2. The van der Waals surface area contributed by atoms with Gasteiger partial charge in [0.2, 0.25) is 15.9 Å². The maximum atomic E-state index is 13.1. The third-order valence-corrected chi connectivity index (χ3v) is 7.77.